The number of aromatic nitrogens is 3. The second-order valence-corrected chi connectivity index (χ2v) is 7.60. The Bertz CT molecular complexity index is 1190. The maximum absolute atomic E-state index is 13.0. The third kappa shape index (κ3) is 2.94. The number of hydrogen-bond acceptors (Lipinski definition) is 4. The van der Waals surface area contributed by atoms with Crippen molar-refractivity contribution in [2.45, 2.75) is 32.9 Å². The highest BCUT2D eigenvalue weighted by Crippen LogP contribution is 2.24. The molecule has 4 rings (SSSR count). The zero-order chi connectivity index (χ0) is 19.1. The third-order valence-electron chi connectivity index (χ3n) is 4.83. The fourth-order valence-electron chi connectivity index (χ4n) is 3.33. The number of thiophene rings is 1. The summed E-state index contributed by atoms with van der Waals surface area (Å²) in [5.74, 6) is 0.437. The van der Waals surface area contributed by atoms with Crippen LogP contribution in [-0.4, -0.2) is 20.1 Å². The summed E-state index contributed by atoms with van der Waals surface area (Å²) in [4.78, 5) is 25.7. The number of aryl methyl sites for hydroxylation is 1. The molecule has 3 heterocycles. The molecule has 0 saturated heterocycles. The molecule has 1 amide bonds. The quantitative estimate of drug-likeness (QED) is 0.590. The summed E-state index contributed by atoms with van der Waals surface area (Å²) < 4.78 is 4.16. The molecule has 2 unspecified atom stereocenters. The predicted molar refractivity (Wildman–Crippen MR) is 107 cm³/mol. The monoisotopic (exact) mass is 380 g/mol. The molecule has 0 radical (unpaired) electrons. The second kappa shape index (κ2) is 6.66. The molecule has 0 fully saturated rings. The Balaban J connectivity index is 1.68. The Morgan fingerprint density at radius 3 is 2.63 bits per heavy atom. The van der Waals surface area contributed by atoms with Gasteiger partial charge in [-0.05, 0) is 43.8 Å². The average molecular weight is 380 g/mol. The number of carbonyl (C=O) groups is 1. The standard InChI is InChI=1S/C20H20N4O2S/c1-12(15-7-5-4-6-8-15)21-19(25)13(2)24-20(26)17-11-18-16(9-10-27-18)23(17)14(3)22-24/h4-13H,1-3H3,(H,21,25). The Hall–Kier alpha value is -2.93. The van der Waals surface area contributed by atoms with Crippen LogP contribution in [0.5, 0.6) is 0 Å². The second-order valence-electron chi connectivity index (χ2n) is 6.65. The van der Waals surface area contributed by atoms with Crippen LogP contribution in [-0.2, 0) is 4.79 Å². The van der Waals surface area contributed by atoms with Crippen LogP contribution in [0, 0.1) is 6.92 Å². The van der Waals surface area contributed by atoms with Crippen molar-refractivity contribution in [2.75, 3.05) is 0 Å². The first kappa shape index (κ1) is 17.5. The molecule has 3 aromatic heterocycles. The van der Waals surface area contributed by atoms with Crippen molar-refractivity contribution in [1.82, 2.24) is 19.5 Å². The maximum Gasteiger partial charge on any atom is 0.291 e. The summed E-state index contributed by atoms with van der Waals surface area (Å²) in [5.41, 5.74) is 2.26. The number of benzene rings is 1. The molecule has 1 N–H and O–H groups in total. The summed E-state index contributed by atoms with van der Waals surface area (Å²) in [5, 5.41) is 9.37. The van der Waals surface area contributed by atoms with Crippen LogP contribution in [0.15, 0.2) is 52.6 Å². The van der Waals surface area contributed by atoms with Gasteiger partial charge in [-0.25, -0.2) is 4.68 Å². The fourth-order valence-corrected chi connectivity index (χ4v) is 4.13. The van der Waals surface area contributed by atoms with E-state index in [1.54, 1.807) is 18.3 Å². The van der Waals surface area contributed by atoms with E-state index >= 15 is 0 Å². The van der Waals surface area contributed by atoms with Crippen LogP contribution in [0.1, 0.15) is 37.3 Å². The summed E-state index contributed by atoms with van der Waals surface area (Å²) in [7, 11) is 0. The van der Waals surface area contributed by atoms with Gasteiger partial charge in [-0.2, -0.15) is 5.10 Å². The van der Waals surface area contributed by atoms with Gasteiger partial charge in [0.1, 0.15) is 17.4 Å². The van der Waals surface area contributed by atoms with Crippen LogP contribution in [0.3, 0.4) is 0 Å². The Labute approximate surface area is 160 Å². The van der Waals surface area contributed by atoms with Crippen molar-refractivity contribution >= 4 is 33.0 Å². The van der Waals surface area contributed by atoms with Gasteiger partial charge in [0.05, 0.1) is 16.3 Å². The van der Waals surface area contributed by atoms with Crippen molar-refractivity contribution in [1.29, 1.82) is 0 Å². The van der Waals surface area contributed by atoms with Crippen LogP contribution >= 0.6 is 11.3 Å². The molecule has 138 valence electrons. The van der Waals surface area contributed by atoms with E-state index in [1.807, 2.05) is 66.1 Å². The highest BCUT2D eigenvalue weighted by Gasteiger charge is 2.22. The van der Waals surface area contributed by atoms with Crippen LogP contribution in [0.25, 0.3) is 15.7 Å². The highest BCUT2D eigenvalue weighted by atomic mass is 32.1. The van der Waals surface area contributed by atoms with Crippen molar-refractivity contribution in [3.8, 4) is 0 Å². The minimum atomic E-state index is -0.708. The zero-order valence-electron chi connectivity index (χ0n) is 15.3. The van der Waals surface area contributed by atoms with E-state index in [0.29, 0.717) is 11.3 Å². The number of hydrogen-bond donors (Lipinski definition) is 1. The van der Waals surface area contributed by atoms with Gasteiger partial charge in [0.15, 0.2) is 0 Å². The number of nitrogens with zero attached hydrogens (tertiary/aromatic N) is 3. The molecule has 0 bridgehead atoms. The number of rotatable bonds is 4. The average Bonchev–Trinajstić information content (AvgIpc) is 3.26. The van der Waals surface area contributed by atoms with E-state index in [9.17, 15) is 9.59 Å². The first-order valence-electron chi connectivity index (χ1n) is 8.81. The van der Waals surface area contributed by atoms with Gasteiger partial charge in [-0.3, -0.25) is 14.0 Å². The zero-order valence-corrected chi connectivity index (χ0v) is 16.2. The molecule has 2 atom stereocenters. The van der Waals surface area contributed by atoms with E-state index in [0.717, 1.165) is 15.8 Å². The Morgan fingerprint density at radius 2 is 1.89 bits per heavy atom. The van der Waals surface area contributed by atoms with E-state index < -0.39 is 6.04 Å². The summed E-state index contributed by atoms with van der Waals surface area (Å²) in [6.07, 6.45) is 0. The van der Waals surface area contributed by atoms with Gasteiger partial charge in [-0.15, -0.1) is 11.3 Å². The predicted octanol–water partition coefficient (Wildman–Crippen LogP) is 3.46. The summed E-state index contributed by atoms with van der Waals surface area (Å²) >= 11 is 1.58. The lowest BCUT2D eigenvalue weighted by molar-refractivity contribution is -0.124. The SMILES string of the molecule is Cc1nn(C(C)C(=O)NC(C)c2ccccc2)c(=O)c2cc3sccc3n12. The first-order chi connectivity index (χ1) is 13.0. The Morgan fingerprint density at radius 1 is 1.15 bits per heavy atom. The normalized spacial score (nSPS) is 13.7. The van der Waals surface area contributed by atoms with Crippen molar-refractivity contribution in [2.24, 2.45) is 0 Å². The van der Waals surface area contributed by atoms with Gasteiger partial charge in [0, 0.05) is 0 Å². The van der Waals surface area contributed by atoms with Gasteiger partial charge in [0.2, 0.25) is 5.91 Å². The number of nitrogens with one attached hydrogen (secondary N) is 1. The lowest BCUT2D eigenvalue weighted by Gasteiger charge is -2.19. The first-order valence-corrected chi connectivity index (χ1v) is 9.68. The summed E-state index contributed by atoms with van der Waals surface area (Å²) in [6, 6.07) is 12.7. The van der Waals surface area contributed by atoms with Crippen LogP contribution < -0.4 is 10.9 Å². The number of amides is 1. The van der Waals surface area contributed by atoms with Crippen molar-refractivity contribution in [3.05, 3.63) is 69.6 Å². The van der Waals surface area contributed by atoms with E-state index in [4.69, 9.17) is 0 Å². The lowest BCUT2D eigenvalue weighted by Crippen LogP contribution is -2.39. The molecular formula is C20H20N4O2S. The van der Waals surface area contributed by atoms with Crippen LogP contribution in [0.2, 0.25) is 0 Å². The van der Waals surface area contributed by atoms with Gasteiger partial charge in [-0.1, -0.05) is 30.3 Å². The van der Waals surface area contributed by atoms with E-state index in [2.05, 4.69) is 10.4 Å². The third-order valence-corrected chi connectivity index (χ3v) is 5.68. The van der Waals surface area contributed by atoms with Crippen molar-refractivity contribution < 1.29 is 4.79 Å². The van der Waals surface area contributed by atoms with Gasteiger partial charge >= 0.3 is 0 Å². The van der Waals surface area contributed by atoms with E-state index in [-0.39, 0.29) is 17.5 Å². The molecule has 0 saturated carbocycles. The van der Waals surface area contributed by atoms with Crippen molar-refractivity contribution in [3.63, 3.8) is 0 Å². The molecule has 27 heavy (non-hydrogen) atoms. The molecule has 0 spiro atoms. The molecule has 6 nitrogen and oxygen atoms in total. The molecule has 0 aliphatic rings. The fraction of sp³-hybridized carbons (Fsp3) is 0.250. The highest BCUT2D eigenvalue weighted by molar-refractivity contribution is 7.17. The lowest BCUT2D eigenvalue weighted by atomic mass is 10.1. The maximum atomic E-state index is 13.0. The molecular weight excluding hydrogens is 360 g/mol. The van der Waals surface area contributed by atoms with E-state index in [1.165, 1.54) is 4.68 Å². The number of fused-ring (bicyclic) bond motifs is 3. The molecule has 1 aromatic carbocycles. The molecule has 4 aromatic rings. The van der Waals surface area contributed by atoms with Gasteiger partial charge in [0.25, 0.3) is 5.56 Å². The summed E-state index contributed by atoms with van der Waals surface area (Å²) in [6.45, 7) is 5.46. The smallest absolute Gasteiger partial charge is 0.291 e. The topological polar surface area (TPSA) is 68.4 Å². The molecule has 0 aliphatic heterocycles. The largest absolute Gasteiger partial charge is 0.348 e. The van der Waals surface area contributed by atoms with Gasteiger partial charge < -0.3 is 5.32 Å². The van der Waals surface area contributed by atoms with Crippen LogP contribution in [0.4, 0.5) is 0 Å². The molecule has 7 heteroatoms. The molecule has 0 aliphatic carbocycles. The number of carbonyl (C=O) groups excluding carboxylic acids is 1. The Kier molecular flexibility index (Phi) is 4.31. The minimum absolute atomic E-state index is 0.152. The minimum Gasteiger partial charge on any atom is -0.348 e.